The Morgan fingerprint density at radius 3 is 2.54 bits per heavy atom. The van der Waals surface area contributed by atoms with E-state index in [0.29, 0.717) is 17.5 Å². The number of hydrogen-bond acceptors (Lipinski definition) is 6. The monoisotopic (exact) mass is 370 g/mol. The lowest BCUT2D eigenvalue weighted by atomic mass is 9.77. The zero-order valence-electron chi connectivity index (χ0n) is 14.6. The van der Waals surface area contributed by atoms with E-state index in [9.17, 15) is 9.32 Å². The first-order valence-corrected chi connectivity index (χ1v) is 10.5. The summed E-state index contributed by atoms with van der Waals surface area (Å²) in [5.41, 5.74) is 3.18. The van der Waals surface area contributed by atoms with Crippen LogP contribution in [0, 0.1) is 0 Å². The van der Waals surface area contributed by atoms with Gasteiger partial charge in [0.25, 0.3) is 0 Å². The van der Waals surface area contributed by atoms with Crippen molar-refractivity contribution in [3.8, 4) is 0 Å². The SMILES string of the molecule is O=[S@]1CCc2nc(N3Cc4ccccc4C3)nc(NC3(CO)CCC3)c21. The highest BCUT2D eigenvalue weighted by molar-refractivity contribution is 7.85. The van der Waals surface area contributed by atoms with Crippen LogP contribution in [-0.4, -0.2) is 37.2 Å². The number of aliphatic hydroxyl groups is 1. The highest BCUT2D eigenvalue weighted by Gasteiger charge is 2.39. The molecule has 0 saturated heterocycles. The standard InChI is InChI=1S/C19H22N4O2S/c24-12-19(7-3-8-19)22-17-16-15(6-9-26(16)25)20-18(21-17)23-10-13-4-1-2-5-14(13)11-23/h1-2,4-5,24H,3,6-12H2,(H,20,21,22)/t26-/m0/s1. The third-order valence-corrected chi connectivity index (χ3v) is 7.26. The first kappa shape index (κ1) is 16.2. The number of aromatic nitrogens is 2. The van der Waals surface area contributed by atoms with Crippen LogP contribution < -0.4 is 10.2 Å². The molecule has 5 rings (SSSR count). The molecule has 2 aliphatic heterocycles. The quantitative estimate of drug-likeness (QED) is 0.857. The van der Waals surface area contributed by atoms with Gasteiger partial charge in [0.05, 0.1) is 28.6 Å². The van der Waals surface area contributed by atoms with Crippen molar-refractivity contribution < 1.29 is 9.32 Å². The smallest absolute Gasteiger partial charge is 0.228 e. The molecule has 136 valence electrons. The minimum absolute atomic E-state index is 0.0723. The average molecular weight is 370 g/mol. The predicted octanol–water partition coefficient (Wildman–Crippen LogP) is 1.99. The Balaban J connectivity index is 1.52. The van der Waals surface area contributed by atoms with Crippen molar-refractivity contribution in [1.29, 1.82) is 0 Å². The summed E-state index contributed by atoms with van der Waals surface area (Å²) in [6.07, 6.45) is 3.65. The number of hydrogen-bond donors (Lipinski definition) is 2. The summed E-state index contributed by atoms with van der Waals surface area (Å²) >= 11 is 0. The second-order valence-corrected chi connectivity index (χ2v) is 9.00. The van der Waals surface area contributed by atoms with Crippen molar-refractivity contribution in [1.82, 2.24) is 9.97 Å². The fourth-order valence-corrected chi connectivity index (χ4v) is 5.37. The van der Waals surface area contributed by atoms with E-state index in [2.05, 4.69) is 34.5 Å². The van der Waals surface area contributed by atoms with Crippen molar-refractivity contribution in [2.45, 2.75) is 49.2 Å². The molecule has 26 heavy (non-hydrogen) atoms. The third kappa shape index (κ3) is 2.53. The fourth-order valence-electron chi connectivity index (χ4n) is 4.06. The molecule has 0 radical (unpaired) electrons. The molecule has 1 fully saturated rings. The molecular weight excluding hydrogens is 348 g/mol. The average Bonchev–Trinajstić information content (AvgIpc) is 3.22. The first-order valence-electron chi connectivity index (χ1n) is 9.17. The van der Waals surface area contributed by atoms with Gasteiger partial charge in [-0.3, -0.25) is 4.21 Å². The minimum Gasteiger partial charge on any atom is -0.394 e. The Bertz CT molecular complexity index is 867. The number of fused-ring (bicyclic) bond motifs is 2. The summed E-state index contributed by atoms with van der Waals surface area (Å²) in [7, 11) is -1.06. The van der Waals surface area contributed by atoms with Crippen LogP contribution in [0.15, 0.2) is 29.2 Å². The zero-order valence-corrected chi connectivity index (χ0v) is 15.4. The van der Waals surface area contributed by atoms with E-state index in [1.54, 1.807) is 0 Å². The molecule has 1 saturated carbocycles. The van der Waals surface area contributed by atoms with Gasteiger partial charge in [0.15, 0.2) is 0 Å². The number of benzene rings is 1. The highest BCUT2D eigenvalue weighted by Crippen LogP contribution is 2.39. The number of aryl methyl sites for hydroxylation is 1. The number of anilines is 2. The van der Waals surface area contributed by atoms with E-state index in [-0.39, 0.29) is 12.1 Å². The number of rotatable bonds is 4. The summed E-state index contributed by atoms with van der Waals surface area (Å²) in [6, 6.07) is 8.41. The van der Waals surface area contributed by atoms with Crippen molar-refractivity contribution in [2.75, 3.05) is 22.6 Å². The number of nitrogens with zero attached hydrogens (tertiary/aromatic N) is 3. The maximum Gasteiger partial charge on any atom is 0.228 e. The maximum absolute atomic E-state index is 12.5. The topological polar surface area (TPSA) is 78.4 Å². The molecule has 6 nitrogen and oxygen atoms in total. The van der Waals surface area contributed by atoms with Gasteiger partial charge >= 0.3 is 0 Å². The molecule has 1 aromatic heterocycles. The molecule has 0 amide bonds. The van der Waals surface area contributed by atoms with E-state index in [4.69, 9.17) is 9.97 Å². The van der Waals surface area contributed by atoms with Crippen LogP contribution in [0.4, 0.5) is 11.8 Å². The number of aliphatic hydroxyl groups excluding tert-OH is 1. The van der Waals surface area contributed by atoms with Gasteiger partial charge in [-0.2, -0.15) is 4.98 Å². The minimum atomic E-state index is -1.06. The molecule has 1 aliphatic carbocycles. The van der Waals surface area contributed by atoms with Gasteiger partial charge in [-0.1, -0.05) is 24.3 Å². The molecule has 1 aromatic carbocycles. The van der Waals surface area contributed by atoms with Crippen molar-refractivity contribution in [3.63, 3.8) is 0 Å². The summed E-state index contributed by atoms with van der Waals surface area (Å²) < 4.78 is 12.5. The van der Waals surface area contributed by atoms with E-state index < -0.39 is 10.8 Å². The zero-order chi connectivity index (χ0) is 17.7. The van der Waals surface area contributed by atoms with Crippen LogP contribution >= 0.6 is 0 Å². The van der Waals surface area contributed by atoms with Gasteiger partial charge in [0.1, 0.15) is 10.7 Å². The van der Waals surface area contributed by atoms with Gasteiger partial charge in [-0.25, -0.2) is 4.98 Å². The molecule has 1 atom stereocenters. The molecule has 7 heteroatoms. The van der Waals surface area contributed by atoms with Crippen LogP contribution in [0.5, 0.6) is 0 Å². The largest absolute Gasteiger partial charge is 0.394 e. The molecule has 0 spiro atoms. The highest BCUT2D eigenvalue weighted by atomic mass is 32.2. The van der Waals surface area contributed by atoms with E-state index >= 15 is 0 Å². The van der Waals surface area contributed by atoms with Gasteiger partial charge < -0.3 is 15.3 Å². The molecule has 2 N–H and O–H groups in total. The molecule has 3 heterocycles. The van der Waals surface area contributed by atoms with E-state index in [1.807, 2.05) is 0 Å². The lowest BCUT2D eigenvalue weighted by Crippen LogP contribution is -2.48. The normalized spacial score (nSPS) is 22.7. The Morgan fingerprint density at radius 2 is 1.92 bits per heavy atom. The Kier molecular flexibility index (Phi) is 3.76. The molecule has 0 bridgehead atoms. The van der Waals surface area contributed by atoms with E-state index in [1.165, 1.54) is 11.1 Å². The molecular formula is C19H22N4O2S. The van der Waals surface area contributed by atoms with Crippen LogP contribution in [0.1, 0.15) is 36.1 Å². The molecule has 2 aromatic rings. The Hall–Kier alpha value is -1.99. The summed E-state index contributed by atoms with van der Waals surface area (Å²) in [5, 5.41) is 13.3. The van der Waals surface area contributed by atoms with Crippen molar-refractivity contribution in [3.05, 3.63) is 41.1 Å². The Labute approximate surface area is 155 Å². The van der Waals surface area contributed by atoms with Crippen LogP contribution in [-0.2, 0) is 30.3 Å². The van der Waals surface area contributed by atoms with Crippen LogP contribution in [0.3, 0.4) is 0 Å². The second kappa shape index (κ2) is 6.03. The van der Waals surface area contributed by atoms with Crippen molar-refractivity contribution in [2.24, 2.45) is 0 Å². The van der Waals surface area contributed by atoms with Gasteiger partial charge in [0, 0.05) is 25.3 Å². The van der Waals surface area contributed by atoms with Crippen molar-refractivity contribution >= 4 is 22.6 Å². The maximum atomic E-state index is 12.5. The predicted molar refractivity (Wildman–Crippen MR) is 101 cm³/mol. The lowest BCUT2D eigenvalue weighted by Gasteiger charge is -2.41. The van der Waals surface area contributed by atoms with Crippen LogP contribution in [0.25, 0.3) is 0 Å². The third-order valence-electron chi connectivity index (χ3n) is 5.80. The fraction of sp³-hybridized carbons (Fsp3) is 0.474. The molecule has 0 unspecified atom stereocenters. The summed E-state index contributed by atoms with van der Waals surface area (Å²) in [6.45, 7) is 1.66. The second-order valence-electron chi connectivity index (χ2n) is 7.49. The first-order chi connectivity index (χ1) is 12.7. The van der Waals surface area contributed by atoms with Gasteiger partial charge in [0.2, 0.25) is 5.95 Å². The Morgan fingerprint density at radius 1 is 1.19 bits per heavy atom. The summed E-state index contributed by atoms with van der Waals surface area (Å²) in [4.78, 5) is 12.4. The lowest BCUT2D eigenvalue weighted by molar-refractivity contribution is 0.143. The van der Waals surface area contributed by atoms with Crippen LogP contribution in [0.2, 0.25) is 0 Å². The summed E-state index contributed by atoms with van der Waals surface area (Å²) in [5.74, 6) is 1.95. The number of nitrogens with one attached hydrogen (secondary N) is 1. The molecule has 3 aliphatic rings. The van der Waals surface area contributed by atoms with Gasteiger partial charge in [-0.05, 0) is 30.4 Å². The van der Waals surface area contributed by atoms with E-state index in [0.717, 1.165) is 49.4 Å². The van der Waals surface area contributed by atoms with Gasteiger partial charge in [-0.15, -0.1) is 0 Å².